The number of ether oxygens (including phenoxy) is 2. The summed E-state index contributed by atoms with van der Waals surface area (Å²) in [6, 6.07) is 0. The zero-order valence-corrected chi connectivity index (χ0v) is 13.7. The van der Waals surface area contributed by atoms with E-state index >= 15 is 0 Å². The second-order valence-electron chi connectivity index (χ2n) is 2.90. The molecule has 23 heavy (non-hydrogen) atoms. The van der Waals surface area contributed by atoms with Gasteiger partial charge < -0.3 is 24.2 Å². The second-order valence-corrected chi connectivity index (χ2v) is 4.87. The predicted octanol–water partition coefficient (Wildman–Crippen LogP) is 3.19. The Balaban J connectivity index is -0.0000000210. The van der Waals surface area contributed by atoms with Gasteiger partial charge in [-0.3, -0.25) is 14.2 Å². The molecule has 150 valence electrons. The maximum absolute atomic E-state index is 9.92. The average Bonchev–Trinajstić information content (AvgIpc) is 2.30. The largest absolute Gasteiger partial charge is 0.469 e. The average molecular weight is 367 g/mol. The van der Waals surface area contributed by atoms with Gasteiger partial charge in [0.05, 0.1) is 7.11 Å². The summed E-state index contributed by atoms with van der Waals surface area (Å²) in [5.41, 5.74) is 0. The number of hydrogen-bond donors (Lipinski definition) is 2. The summed E-state index contributed by atoms with van der Waals surface area (Å²) in [5.74, 6) is -0.241. The zero-order chi connectivity index (χ0) is 16.5. The van der Waals surface area contributed by atoms with Crippen LogP contribution in [0.15, 0.2) is 0 Å². The number of carbonyl (C=O) groups excluding carboxylic acids is 2. The summed E-state index contributed by atoms with van der Waals surface area (Å²) >= 11 is 0. The van der Waals surface area contributed by atoms with Crippen molar-refractivity contribution in [2.45, 2.75) is 43.6 Å². The zero-order valence-electron chi connectivity index (χ0n) is 12.8. The Bertz CT molecular complexity index is 242. The molecule has 0 aliphatic heterocycles. The van der Waals surface area contributed by atoms with E-state index in [2.05, 4.69) is 19.3 Å². The molecule has 0 aliphatic carbocycles. The molecule has 0 fully saturated rings. The van der Waals surface area contributed by atoms with Gasteiger partial charge in [0.1, 0.15) is 0 Å². The highest BCUT2D eigenvalue weighted by atomic mass is 31.2. The fourth-order valence-electron chi connectivity index (χ4n) is 0. The van der Waals surface area contributed by atoms with E-state index in [1.54, 1.807) is 21.3 Å². The Kier molecular flexibility index (Phi) is 80.4. The van der Waals surface area contributed by atoms with E-state index in [-0.39, 0.29) is 41.6 Å². The summed E-state index contributed by atoms with van der Waals surface area (Å²) < 4.78 is 22.3. The van der Waals surface area contributed by atoms with Gasteiger partial charge in [0.2, 0.25) is 5.91 Å². The molecule has 0 spiro atoms. The second kappa shape index (κ2) is 37.4. The van der Waals surface area contributed by atoms with Crippen molar-refractivity contribution >= 4 is 19.5 Å². The molecule has 0 rings (SSSR count). The molecule has 1 atom stereocenters. The van der Waals surface area contributed by atoms with Crippen LogP contribution in [0.25, 0.3) is 0 Å². The van der Waals surface area contributed by atoms with Crippen molar-refractivity contribution in [2.24, 2.45) is 0 Å². The van der Waals surface area contributed by atoms with Gasteiger partial charge in [-0.05, 0) is 0 Å². The normalized spacial score (nSPS) is 8.91. The number of amides is 1. The molecule has 0 saturated carbocycles. The number of methoxy groups -OCH3 is 2. The van der Waals surface area contributed by atoms with Crippen LogP contribution in [-0.2, 0) is 28.2 Å². The first kappa shape index (κ1) is 49.5. The van der Waals surface area contributed by atoms with Gasteiger partial charge in [-0.1, -0.05) is 29.7 Å². The molecular formula is C14H42NO7P. The van der Waals surface area contributed by atoms with Crippen molar-refractivity contribution in [1.82, 2.24) is 5.32 Å². The lowest BCUT2D eigenvalue weighted by molar-refractivity contribution is -0.137. The van der Waals surface area contributed by atoms with Crippen LogP contribution in [0.2, 0.25) is 0 Å². The lowest BCUT2D eigenvalue weighted by Crippen LogP contribution is -2.11. The predicted molar refractivity (Wildman–Crippen MR) is 100 cm³/mol. The fourth-order valence-corrected chi connectivity index (χ4v) is 0. The minimum Gasteiger partial charge on any atom is -0.469 e. The Hall–Kier alpha value is -0.950. The van der Waals surface area contributed by atoms with Crippen LogP contribution in [0.1, 0.15) is 43.6 Å². The first-order valence-corrected chi connectivity index (χ1v) is 7.03. The third kappa shape index (κ3) is 209. The van der Waals surface area contributed by atoms with Crippen LogP contribution in [0, 0.1) is 0 Å². The molecular weight excluding hydrogens is 325 g/mol. The van der Waals surface area contributed by atoms with Crippen molar-refractivity contribution < 1.29 is 33.0 Å². The van der Waals surface area contributed by atoms with Crippen molar-refractivity contribution in [3.8, 4) is 0 Å². The first-order chi connectivity index (χ1) is 8.51. The summed E-state index contributed by atoms with van der Waals surface area (Å²) in [6.45, 7) is 3.97. The Morgan fingerprint density at radius 1 is 0.957 bits per heavy atom. The van der Waals surface area contributed by atoms with Gasteiger partial charge in [0.15, 0.2) is 0 Å². The molecule has 9 heteroatoms. The molecule has 0 aromatic heterocycles. The highest BCUT2D eigenvalue weighted by Gasteiger charge is 2.02. The molecule has 0 bridgehead atoms. The summed E-state index contributed by atoms with van der Waals surface area (Å²) in [4.78, 5) is 27.5. The van der Waals surface area contributed by atoms with Gasteiger partial charge in [-0.25, -0.2) is 0 Å². The number of hydrogen-bond acceptors (Lipinski definition) is 6. The van der Waals surface area contributed by atoms with E-state index in [4.69, 9.17) is 4.89 Å². The summed E-state index contributed by atoms with van der Waals surface area (Å²) in [5, 5.41) is 2.39. The molecule has 0 aromatic rings. The molecule has 1 unspecified atom stereocenters. The van der Waals surface area contributed by atoms with E-state index in [9.17, 15) is 14.2 Å². The number of rotatable bonds is 1. The number of nitrogens with one attached hydrogen (secondary N) is 1. The molecule has 1 amide bonds. The summed E-state index contributed by atoms with van der Waals surface area (Å²) in [6.07, 6.45) is 0. The first-order valence-electron chi connectivity index (χ1n) is 5.01. The highest BCUT2D eigenvalue weighted by molar-refractivity contribution is 7.51. The molecule has 8 nitrogen and oxygen atoms in total. The van der Waals surface area contributed by atoms with E-state index in [0.717, 1.165) is 6.66 Å². The van der Waals surface area contributed by atoms with Crippen molar-refractivity contribution in [1.29, 1.82) is 0 Å². The van der Waals surface area contributed by atoms with Gasteiger partial charge in [0, 0.05) is 48.9 Å². The standard InChI is InChI=1S/C3H7NO.C3H6O2.C2H7O3P.C2H6O.4CH4/c1-3(5)4-2;1-3(4)5-2;1-5-6(2,3)4;1-3-2;;;;/h1-2H3,(H,4,5);1-2H3;1-2H3,(H,3,4);1-2H3;4*1H4. The van der Waals surface area contributed by atoms with Crippen molar-refractivity contribution in [3.63, 3.8) is 0 Å². The summed E-state index contributed by atoms with van der Waals surface area (Å²) in [7, 11) is 4.25. The Morgan fingerprint density at radius 2 is 1.09 bits per heavy atom. The molecule has 0 radical (unpaired) electrons. The topological polar surface area (TPSA) is 111 Å². The SMILES string of the molecule is C.C.C.C.CNC(C)=O.COC.COC(C)=O.COP(C)(=O)O. The van der Waals surface area contributed by atoms with Crippen LogP contribution < -0.4 is 5.32 Å². The minimum atomic E-state index is -3.15. The highest BCUT2D eigenvalue weighted by Crippen LogP contribution is 2.34. The maximum Gasteiger partial charge on any atom is 0.324 e. The lowest BCUT2D eigenvalue weighted by Gasteiger charge is -1.96. The molecule has 0 saturated heterocycles. The van der Waals surface area contributed by atoms with Gasteiger partial charge in [0.25, 0.3) is 0 Å². The fraction of sp³-hybridized carbons (Fsp3) is 0.857. The van der Waals surface area contributed by atoms with Gasteiger partial charge in [-0.2, -0.15) is 0 Å². The van der Waals surface area contributed by atoms with Crippen LogP contribution in [0.5, 0.6) is 0 Å². The van der Waals surface area contributed by atoms with Crippen LogP contribution >= 0.6 is 7.60 Å². The Morgan fingerprint density at radius 3 is 1.09 bits per heavy atom. The van der Waals surface area contributed by atoms with E-state index in [1.165, 1.54) is 28.1 Å². The molecule has 0 aliphatic rings. The van der Waals surface area contributed by atoms with Crippen molar-refractivity contribution in [3.05, 3.63) is 0 Å². The van der Waals surface area contributed by atoms with Crippen LogP contribution in [-0.4, -0.2) is 58.9 Å². The lowest BCUT2D eigenvalue weighted by atomic mass is 10.7. The molecule has 0 aromatic carbocycles. The maximum atomic E-state index is 9.92. The van der Waals surface area contributed by atoms with Gasteiger partial charge in [-0.15, -0.1) is 0 Å². The van der Waals surface area contributed by atoms with Crippen LogP contribution in [0.3, 0.4) is 0 Å². The molecule has 0 heterocycles. The smallest absolute Gasteiger partial charge is 0.324 e. The van der Waals surface area contributed by atoms with E-state index in [1.807, 2.05) is 0 Å². The van der Waals surface area contributed by atoms with E-state index in [0.29, 0.717) is 0 Å². The van der Waals surface area contributed by atoms with Gasteiger partial charge >= 0.3 is 13.6 Å². The molecule has 2 N–H and O–H groups in total. The monoisotopic (exact) mass is 367 g/mol. The third-order valence-corrected chi connectivity index (χ3v) is 1.66. The van der Waals surface area contributed by atoms with Crippen LogP contribution in [0.4, 0.5) is 0 Å². The minimum absolute atomic E-state index is 0. The number of esters is 1. The third-order valence-electron chi connectivity index (χ3n) is 0.978. The number of carbonyl (C=O) groups is 2. The van der Waals surface area contributed by atoms with E-state index < -0.39 is 7.60 Å². The Labute approximate surface area is 144 Å². The quantitative estimate of drug-likeness (QED) is 0.541. The van der Waals surface area contributed by atoms with Crippen molar-refractivity contribution in [2.75, 3.05) is 42.2 Å².